The lowest BCUT2D eigenvalue weighted by molar-refractivity contribution is 0.378. The summed E-state index contributed by atoms with van der Waals surface area (Å²) in [7, 11) is 0. The van der Waals surface area contributed by atoms with Gasteiger partial charge in [-0.1, -0.05) is 42.4 Å². The number of nitrogens with zero attached hydrogens (tertiary/aromatic N) is 3. The predicted octanol–water partition coefficient (Wildman–Crippen LogP) is 5.12. The maximum Gasteiger partial charge on any atom is 0.150 e. The minimum absolute atomic E-state index is 0.456. The van der Waals surface area contributed by atoms with Gasteiger partial charge in [-0.25, -0.2) is 9.97 Å². The Bertz CT molecular complexity index is 1230. The van der Waals surface area contributed by atoms with Crippen molar-refractivity contribution in [2.45, 2.75) is 19.4 Å². The summed E-state index contributed by atoms with van der Waals surface area (Å²) >= 11 is 6.36. The Morgan fingerprint density at radius 2 is 2.04 bits per heavy atom. The Hall–Kier alpha value is -3.05. The molecular weight excluding hydrogens is 370 g/mol. The summed E-state index contributed by atoms with van der Waals surface area (Å²) in [5.41, 5.74) is 11.9. The average molecular weight is 390 g/mol. The molecule has 0 unspecified atom stereocenters. The topological polar surface area (TPSA) is 70.8 Å². The van der Waals surface area contributed by atoms with Crippen LogP contribution in [0.1, 0.15) is 18.7 Å². The van der Waals surface area contributed by atoms with Gasteiger partial charge in [0.15, 0.2) is 0 Å². The highest BCUT2D eigenvalue weighted by Crippen LogP contribution is 2.33. The molecule has 3 heterocycles. The minimum Gasteiger partial charge on any atom is -0.382 e. The fourth-order valence-corrected chi connectivity index (χ4v) is 4.16. The monoisotopic (exact) mass is 389 g/mol. The number of imidazole rings is 1. The van der Waals surface area contributed by atoms with Crippen molar-refractivity contribution in [3.05, 3.63) is 65.6 Å². The van der Waals surface area contributed by atoms with Crippen LogP contribution in [0.5, 0.6) is 0 Å². The summed E-state index contributed by atoms with van der Waals surface area (Å²) in [5.74, 6) is 1.34. The van der Waals surface area contributed by atoms with Crippen molar-refractivity contribution in [3.8, 4) is 11.1 Å². The van der Waals surface area contributed by atoms with Crippen molar-refractivity contribution in [1.82, 2.24) is 19.9 Å². The number of rotatable bonds is 3. The van der Waals surface area contributed by atoms with E-state index in [4.69, 9.17) is 22.3 Å². The third-order valence-corrected chi connectivity index (χ3v) is 5.70. The molecule has 140 valence electrons. The smallest absolute Gasteiger partial charge is 0.150 e. The van der Waals surface area contributed by atoms with Gasteiger partial charge < -0.3 is 15.6 Å². The lowest BCUT2D eigenvalue weighted by Crippen LogP contribution is -2.17. The van der Waals surface area contributed by atoms with E-state index < -0.39 is 0 Å². The molecule has 4 aromatic rings. The Morgan fingerprint density at radius 1 is 1.18 bits per heavy atom. The zero-order chi connectivity index (χ0) is 19.3. The van der Waals surface area contributed by atoms with Gasteiger partial charge in [-0.05, 0) is 36.6 Å². The maximum absolute atomic E-state index is 6.36. The van der Waals surface area contributed by atoms with Gasteiger partial charge in [0.05, 0.1) is 12.1 Å². The molecule has 6 heteroatoms. The Morgan fingerprint density at radius 3 is 2.82 bits per heavy atom. The normalized spacial score (nSPS) is 14.5. The number of halogens is 1. The standard InChI is InChI=1S/C22H20ClN5/c1-13-5-4-10-28(13)12-19-26-20-16-9-8-14(15-6-2-3-7-17(15)23)11-18(16)25-22(24)21(20)27-19/h2-3,6-9,11H,1,4-5,10,12H2,(H2,24,25)(H,26,27). The van der Waals surface area contributed by atoms with Gasteiger partial charge in [-0.2, -0.15) is 0 Å². The predicted molar refractivity (Wildman–Crippen MR) is 115 cm³/mol. The molecule has 0 spiro atoms. The number of hydrogen-bond acceptors (Lipinski definition) is 4. The van der Waals surface area contributed by atoms with Crippen LogP contribution in [0.4, 0.5) is 5.82 Å². The van der Waals surface area contributed by atoms with E-state index in [2.05, 4.69) is 27.5 Å². The van der Waals surface area contributed by atoms with Crippen molar-refractivity contribution >= 4 is 39.4 Å². The Kier molecular flexibility index (Phi) is 3.98. The second kappa shape index (κ2) is 6.53. The van der Waals surface area contributed by atoms with E-state index in [0.717, 1.165) is 58.3 Å². The molecular formula is C22H20ClN5. The molecule has 1 aliphatic rings. The number of nitrogens with one attached hydrogen (secondary N) is 1. The van der Waals surface area contributed by atoms with Gasteiger partial charge in [0.25, 0.3) is 0 Å². The van der Waals surface area contributed by atoms with Gasteiger partial charge in [-0.3, -0.25) is 0 Å². The molecule has 0 bridgehead atoms. The van der Waals surface area contributed by atoms with E-state index in [1.165, 1.54) is 5.70 Å². The maximum atomic E-state index is 6.36. The van der Waals surface area contributed by atoms with Crippen molar-refractivity contribution in [2.24, 2.45) is 0 Å². The second-order valence-corrected chi connectivity index (χ2v) is 7.61. The van der Waals surface area contributed by atoms with Crippen LogP contribution in [0.25, 0.3) is 33.1 Å². The molecule has 1 saturated heterocycles. The summed E-state index contributed by atoms with van der Waals surface area (Å²) < 4.78 is 0. The minimum atomic E-state index is 0.456. The third-order valence-electron chi connectivity index (χ3n) is 5.37. The van der Waals surface area contributed by atoms with E-state index in [-0.39, 0.29) is 0 Å². The Balaban J connectivity index is 1.61. The van der Waals surface area contributed by atoms with E-state index in [9.17, 15) is 0 Å². The number of nitrogens with two attached hydrogens (primary N) is 1. The number of allylic oxidation sites excluding steroid dienone is 1. The first-order valence-electron chi connectivity index (χ1n) is 9.35. The summed E-state index contributed by atoms with van der Waals surface area (Å²) in [5, 5.41) is 1.69. The molecule has 1 fully saturated rings. The van der Waals surface area contributed by atoms with Gasteiger partial charge in [0.1, 0.15) is 22.7 Å². The molecule has 0 amide bonds. The molecule has 5 rings (SSSR count). The van der Waals surface area contributed by atoms with Crippen molar-refractivity contribution in [3.63, 3.8) is 0 Å². The first kappa shape index (κ1) is 17.1. The fraction of sp³-hybridized carbons (Fsp3) is 0.182. The number of nitrogen functional groups attached to an aromatic ring is 1. The zero-order valence-electron chi connectivity index (χ0n) is 15.4. The van der Waals surface area contributed by atoms with Crippen LogP contribution in [0, 0.1) is 0 Å². The highest BCUT2D eigenvalue weighted by molar-refractivity contribution is 6.33. The van der Waals surface area contributed by atoms with Crippen LogP contribution in [0.15, 0.2) is 54.7 Å². The molecule has 2 aromatic heterocycles. The molecule has 0 radical (unpaired) electrons. The quantitative estimate of drug-likeness (QED) is 0.510. The summed E-state index contributed by atoms with van der Waals surface area (Å²) in [6, 6.07) is 13.9. The van der Waals surface area contributed by atoms with Crippen LogP contribution in [0.2, 0.25) is 5.02 Å². The van der Waals surface area contributed by atoms with E-state index in [0.29, 0.717) is 17.4 Å². The van der Waals surface area contributed by atoms with Crippen molar-refractivity contribution in [2.75, 3.05) is 12.3 Å². The molecule has 0 saturated carbocycles. The Labute approximate surface area is 167 Å². The van der Waals surface area contributed by atoms with Gasteiger partial charge >= 0.3 is 0 Å². The molecule has 3 N–H and O–H groups in total. The highest BCUT2D eigenvalue weighted by Gasteiger charge is 2.18. The van der Waals surface area contributed by atoms with Crippen LogP contribution < -0.4 is 5.73 Å². The number of pyridine rings is 1. The molecule has 5 nitrogen and oxygen atoms in total. The highest BCUT2D eigenvalue weighted by atomic mass is 35.5. The largest absolute Gasteiger partial charge is 0.382 e. The van der Waals surface area contributed by atoms with Crippen LogP contribution in [0.3, 0.4) is 0 Å². The lowest BCUT2D eigenvalue weighted by Gasteiger charge is -2.16. The number of aromatic amines is 1. The van der Waals surface area contributed by atoms with Crippen LogP contribution in [-0.2, 0) is 6.54 Å². The van der Waals surface area contributed by atoms with Gasteiger partial charge in [0, 0.05) is 28.2 Å². The zero-order valence-corrected chi connectivity index (χ0v) is 16.1. The molecule has 28 heavy (non-hydrogen) atoms. The van der Waals surface area contributed by atoms with Crippen molar-refractivity contribution in [1.29, 1.82) is 0 Å². The number of likely N-dealkylation sites (tertiary alicyclic amines) is 1. The number of fused-ring (bicyclic) bond motifs is 3. The number of benzene rings is 2. The van der Waals surface area contributed by atoms with E-state index in [1.807, 2.05) is 36.4 Å². The average Bonchev–Trinajstić information content (AvgIpc) is 3.29. The third kappa shape index (κ3) is 2.79. The summed E-state index contributed by atoms with van der Waals surface area (Å²) in [6.45, 7) is 5.87. The van der Waals surface area contributed by atoms with Crippen LogP contribution >= 0.6 is 11.6 Å². The number of anilines is 1. The number of H-pyrrole nitrogens is 1. The molecule has 1 aliphatic heterocycles. The molecule has 0 aliphatic carbocycles. The fourth-order valence-electron chi connectivity index (χ4n) is 3.91. The SMILES string of the molecule is C=C1CCCN1Cc1nc2c([nH]1)c(N)nc1cc(-c3ccccc3Cl)ccc12. The molecule has 2 aromatic carbocycles. The lowest BCUT2D eigenvalue weighted by atomic mass is 10.0. The number of aromatic nitrogens is 3. The van der Waals surface area contributed by atoms with Gasteiger partial charge in [-0.15, -0.1) is 0 Å². The first-order chi connectivity index (χ1) is 13.6. The summed E-state index contributed by atoms with van der Waals surface area (Å²) in [6.07, 6.45) is 2.20. The molecule has 0 atom stereocenters. The first-order valence-corrected chi connectivity index (χ1v) is 9.73. The second-order valence-electron chi connectivity index (χ2n) is 7.21. The summed E-state index contributed by atoms with van der Waals surface area (Å²) in [4.78, 5) is 15.1. The van der Waals surface area contributed by atoms with Crippen molar-refractivity contribution < 1.29 is 0 Å². The van der Waals surface area contributed by atoms with E-state index >= 15 is 0 Å². The van der Waals surface area contributed by atoms with Crippen LogP contribution in [-0.4, -0.2) is 26.4 Å². The van der Waals surface area contributed by atoms with Gasteiger partial charge in [0.2, 0.25) is 0 Å². The van der Waals surface area contributed by atoms with E-state index in [1.54, 1.807) is 0 Å². The number of hydrogen-bond donors (Lipinski definition) is 2.